The van der Waals surface area contributed by atoms with Gasteiger partial charge in [0.2, 0.25) is 5.91 Å². The second-order valence-electron chi connectivity index (χ2n) is 7.56. The SMILES string of the molecule is Cc1nn(-c2ccccc2)c(C)c1C(=O)C(=O)NCCC(=O)N1CCc2sccc2C1. The Morgan fingerprint density at radius 2 is 1.90 bits per heavy atom. The monoisotopic (exact) mass is 436 g/mol. The number of carbonyl (C=O) groups excluding carboxylic acids is 3. The van der Waals surface area contributed by atoms with Crippen LogP contribution in [0.1, 0.15) is 38.6 Å². The molecule has 1 aliphatic rings. The Balaban J connectivity index is 1.35. The lowest BCUT2D eigenvalue weighted by atomic mass is 10.1. The Labute approximate surface area is 184 Å². The Morgan fingerprint density at radius 1 is 1.13 bits per heavy atom. The molecule has 8 heteroatoms. The molecule has 1 aromatic carbocycles. The van der Waals surface area contributed by atoms with E-state index in [0.29, 0.717) is 30.0 Å². The molecule has 1 aliphatic heterocycles. The third kappa shape index (κ3) is 4.29. The van der Waals surface area contributed by atoms with Crippen LogP contribution < -0.4 is 5.32 Å². The van der Waals surface area contributed by atoms with Crippen molar-refractivity contribution in [1.82, 2.24) is 20.0 Å². The number of nitrogens with zero attached hydrogens (tertiary/aromatic N) is 3. The number of para-hydroxylation sites is 1. The standard InChI is InChI=1S/C23H24N4O3S/c1-15-21(16(2)27(25-15)18-6-4-3-5-7-18)22(29)23(30)24-11-8-20(28)26-12-9-19-17(14-26)10-13-31-19/h3-7,10,13H,8-9,11-12,14H2,1-2H3,(H,24,30). The maximum Gasteiger partial charge on any atom is 0.292 e. The Bertz CT molecular complexity index is 1130. The number of nitrogens with one attached hydrogen (secondary N) is 1. The van der Waals surface area contributed by atoms with E-state index in [0.717, 1.165) is 12.1 Å². The summed E-state index contributed by atoms with van der Waals surface area (Å²) in [6.45, 7) is 4.91. The first-order valence-corrected chi connectivity index (χ1v) is 11.1. The van der Waals surface area contributed by atoms with Gasteiger partial charge < -0.3 is 10.2 Å². The molecule has 0 spiro atoms. The normalized spacial score (nSPS) is 13.0. The quantitative estimate of drug-likeness (QED) is 0.476. The number of fused-ring (bicyclic) bond motifs is 1. The number of ketones is 1. The van der Waals surface area contributed by atoms with E-state index in [2.05, 4.69) is 16.5 Å². The highest BCUT2D eigenvalue weighted by molar-refractivity contribution is 7.10. The zero-order chi connectivity index (χ0) is 22.0. The van der Waals surface area contributed by atoms with Gasteiger partial charge in [0.1, 0.15) is 0 Å². The van der Waals surface area contributed by atoms with Crippen LogP contribution in [0.15, 0.2) is 41.8 Å². The van der Waals surface area contributed by atoms with Gasteiger partial charge in [-0.3, -0.25) is 14.4 Å². The number of benzene rings is 1. The predicted octanol–water partition coefficient (Wildman–Crippen LogP) is 2.82. The molecule has 3 aromatic rings. The molecule has 0 saturated heterocycles. The highest BCUT2D eigenvalue weighted by Gasteiger charge is 2.26. The molecule has 2 aromatic heterocycles. The third-order valence-corrected chi connectivity index (χ3v) is 6.53. The van der Waals surface area contributed by atoms with E-state index in [9.17, 15) is 14.4 Å². The zero-order valence-electron chi connectivity index (χ0n) is 17.6. The van der Waals surface area contributed by atoms with Crippen LogP contribution >= 0.6 is 11.3 Å². The summed E-state index contributed by atoms with van der Waals surface area (Å²) in [4.78, 5) is 40.9. The lowest BCUT2D eigenvalue weighted by Gasteiger charge is -2.27. The number of thiophene rings is 1. The fraction of sp³-hybridized carbons (Fsp3) is 0.304. The van der Waals surface area contributed by atoms with Gasteiger partial charge in [-0.15, -0.1) is 11.3 Å². The molecule has 0 bridgehead atoms. The summed E-state index contributed by atoms with van der Waals surface area (Å²) in [5, 5.41) is 9.07. The second kappa shape index (κ2) is 8.85. The van der Waals surface area contributed by atoms with Gasteiger partial charge in [-0.05, 0) is 49.4 Å². The van der Waals surface area contributed by atoms with Crippen molar-refractivity contribution in [2.75, 3.05) is 13.1 Å². The van der Waals surface area contributed by atoms with Gasteiger partial charge in [0.15, 0.2) is 0 Å². The average Bonchev–Trinajstić information content (AvgIpc) is 3.36. The van der Waals surface area contributed by atoms with Gasteiger partial charge in [-0.25, -0.2) is 4.68 Å². The molecule has 2 amide bonds. The topological polar surface area (TPSA) is 84.3 Å². The van der Waals surface area contributed by atoms with Crippen molar-refractivity contribution < 1.29 is 14.4 Å². The number of hydrogen-bond acceptors (Lipinski definition) is 5. The van der Waals surface area contributed by atoms with Crippen molar-refractivity contribution in [2.45, 2.75) is 33.2 Å². The van der Waals surface area contributed by atoms with Crippen LogP contribution in [0.2, 0.25) is 0 Å². The van der Waals surface area contributed by atoms with E-state index in [1.807, 2.05) is 35.7 Å². The molecule has 31 heavy (non-hydrogen) atoms. The molecule has 0 atom stereocenters. The Morgan fingerprint density at radius 3 is 2.68 bits per heavy atom. The van der Waals surface area contributed by atoms with Gasteiger partial charge >= 0.3 is 0 Å². The van der Waals surface area contributed by atoms with E-state index in [4.69, 9.17) is 0 Å². The van der Waals surface area contributed by atoms with E-state index in [1.54, 1.807) is 34.8 Å². The van der Waals surface area contributed by atoms with E-state index >= 15 is 0 Å². The van der Waals surface area contributed by atoms with Crippen LogP contribution in [0.3, 0.4) is 0 Å². The summed E-state index contributed by atoms with van der Waals surface area (Å²) < 4.78 is 1.66. The number of Topliss-reactive ketones (excluding diaryl/α,β-unsaturated/α-hetero) is 1. The summed E-state index contributed by atoms with van der Waals surface area (Å²) in [6, 6.07) is 11.5. The van der Waals surface area contributed by atoms with Crippen molar-refractivity contribution in [3.8, 4) is 5.69 Å². The summed E-state index contributed by atoms with van der Waals surface area (Å²) in [5.74, 6) is -1.37. The molecular formula is C23H24N4O3S. The minimum atomic E-state index is -0.717. The van der Waals surface area contributed by atoms with Crippen molar-refractivity contribution in [1.29, 1.82) is 0 Å². The molecule has 3 heterocycles. The third-order valence-electron chi connectivity index (χ3n) is 5.51. The number of aromatic nitrogens is 2. The van der Waals surface area contributed by atoms with Crippen LogP contribution in [0.5, 0.6) is 0 Å². The number of carbonyl (C=O) groups is 3. The minimum absolute atomic E-state index is 0.0196. The molecule has 0 radical (unpaired) electrons. The maximum atomic E-state index is 12.8. The van der Waals surface area contributed by atoms with Crippen LogP contribution in [-0.2, 0) is 22.6 Å². The number of amides is 2. The van der Waals surface area contributed by atoms with Crippen molar-refractivity contribution in [3.05, 3.63) is 69.2 Å². The number of hydrogen-bond donors (Lipinski definition) is 1. The summed E-state index contributed by atoms with van der Waals surface area (Å²) in [6.07, 6.45) is 1.03. The number of rotatable bonds is 6. The first-order chi connectivity index (χ1) is 15.0. The van der Waals surface area contributed by atoms with Crippen LogP contribution in [0.25, 0.3) is 5.69 Å². The minimum Gasteiger partial charge on any atom is -0.349 e. The van der Waals surface area contributed by atoms with Gasteiger partial charge in [-0.2, -0.15) is 5.10 Å². The fourth-order valence-corrected chi connectivity index (χ4v) is 4.78. The molecule has 0 saturated carbocycles. The first-order valence-electron chi connectivity index (χ1n) is 10.2. The summed E-state index contributed by atoms with van der Waals surface area (Å²) in [5.41, 5.74) is 3.43. The molecule has 0 unspecified atom stereocenters. The molecule has 1 N–H and O–H groups in total. The predicted molar refractivity (Wildman–Crippen MR) is 118 cm³/mol. The zero-order valence-corrected chi connectivity index (χ0v) is 18.4. The van der Waals surface area contributed by atoms with Gasteiger partial charge in [0, 0.05) is 30.9 Å². The molecule has 7 nitrogen and oxygen atoms in total. The van der Waals surface area contributed by atoms with Crippen LogP contribution in [0, 0.1) is 13.8 Å². The largest absolute Gasteiger partial charge is 0.349 e. The molecule has 0 aliphatic carbocycles. The van der Waals surface area contributed by atoms with E-state index in [1.165, 1.54) is 10.4 Å². The fourth-order valence-electron chi connectivity index (χ4n) is 3.89. The lowest BCUT2D eigenvalue weighted by molar-refractivity contribution is -0.132. The molecular weight excluding hydrogens is 412 g/mol. The van der Waals surface area contributed by atoms with Gasteiger partial charge in [-0.1, -0.05) is 18.2 Å². The van der Waals surface area contributed by atoms with Crippen LogP contribution in [-0.4, -0.2) is 45.4 Å². The average molecular weight is 437 g/mol. The van der Waals surface area contributed by atoms with Crippen molar-refractivity contribution >= 4 is 28.9 Å². The Kier molecular flexibility index (Phi) is 5.99. The van der Waals surface area contributed by atoms with E-state index < -0.39 is 11.7 Å². The lowest BCUT2D eigenvalue weighted by Crippen LogP contribution is -2.38. The maximum absolute atomic E-state index is 12.8. The first kappa shape index (κ1) is 21.0. The highest BCUT2D eigenvalue weighted by atomic mass is 32.1. The molecule has 160 valence electrons. The van der Waals surface area contributed by atoms with Crippen molar-refractivity contribution in [2.24, 2.45) is 0 Å². The molecule has 4 rings (SSSR count). The summed E-state index contributed by atoms with van der Waals surface area (Å²) in [7, 11) is 0. The smallest absolute Gasteiger partial charge is 0.292 e. The number of aryl methyl sites for hydroxylation is 1. The Hall–Kier alpha value is -3.26. The van der Waals surface area contributed by atoms with E-state index in [-0.39, 0.29) is 18.9 Å². The van der Waals surface area contributed by atoms with Gasteiger partial charge in [0.25, 0.3) is 11.7 Å². The highest BCUT2D eigenvalue weighted by Crippen LogP contribution is 2.24. The van der Waals surface area contributed by atoms with Crippen LogP contribution in [0.4, 0.5) is 0 Å². The second-order valence-corrected chi connectivity index (χ2v) is 8.56. The van der Waals surface area contributed by atoms with Crippen molar-refractivity contribution in [3.63, 3.8) is 0 Å². The molecule has 0 fully saturated rings. The summed E-state index contributed by atoms with van der Waals surface area (Å²) >= 11 is 1.73. The van der Waals surface area contributed by atoms with Gasteiger partial charge in [0.05, 0.1) is 22.6 Å².